The van der Waals surface area contributed by atoms with E-state index in [1.807, 2.05) is 36.4 Å². The van der Waals surface area contributed by atoms with E-state index in [0.717, 1.165) is 22.1 Å². The van der Waals surface area contributed by atoms with Gasteiger partial charge in [0.1, 0.15) is 11.8 Å². The van der Waals surface area contributed by atoms with Gasteiger partial charge in [0, 0.05) is 6.54 Å². The monoisotopic (exact) mass is 396 g/mol. The zero-order chi connectivity index (χ0) is 20.1. The number of methoxy groups -OCH3 is 1. The lowest BCUT2D eigenvalue weighted by atomic mass is 10.1. The Labute approximate surface area is 168 Å². The van der Waals surface area contributed by atoms with Crippen LogP contribution < -0.4 is 15.4 Å². The molecular formula is C22H21ClN2O3. The Kier molecular flexibility index (Phi) is 6.16. The minimum absolute atomic E-state index is 0.268. The topological polar surface area (TPSA) is 67.4 Å². The number of ether oxygens (including phenoxy) is 1. The number of amides is 2. The average molecular weight is 397 g/mol. The second-order valence-electron chi connectivity index (χ2n) is 6.44. The van der Waals surface area contributed by atoms with E-state index in [4.69, 9.17) is 16.3 Å². The van der Waals surface area contributed by atoms with E-state index in [9.17, 15) is 9.59 Å². The lowest BCUT2D eigenvalue weighted by Gasteiger charge is -2.15. The first-order valence-corrected chi connectivity index (χ1v) is 9.25. The number of rotatable bonds is 6. The summed E-state index contributed by atoms with van der Waals surface area (Å²) in [5, 5.41) is 7.99. The lowest BCUT2D eigenvalue weighted by Crippen LogP contribution is -2.44. The SMILES string of the molecule is COc1ccc2cc(CNC(=O)C(C)NC(=O)c3ccccc3Cl)ccc2c1. The number of fused-ring (bicyclic) bond motifs is 1. The Balaban J connectivity index is 1.59. The zero-order valence-corrected chi connectivity index (χ0v) is 16.4. The highest BCUT2D eigenvalue weighted by Gasteiger charge is 2.17. The Morgan fingerprint density at radius 2 is 1.75 bits per heavy atom. The fraction of sp³-hybridized carbons (Fsp3) is 0.182. The largest absolute Gasteiger partial charge is 0.497 e. The van der Waals surface area contributed by atoms with Crippen LogP contribution in [0.3, 0.4) is 0 Å². The number of carbonyl (C=O) groups excluding carboxylic acids is 2. The number of nitrogens with one attached hydrogen (secondary N) is 2. The first-order valence-electron chi connectivity index (χ1n) is 8.87. The average Bonchev–Trinajstić information content (AvgIpc) is 2.71. The Hall–Kier alpha value is -3.05. The van der Waals surface area contributed by atoms with E-state index in [0.29, 0.717) is 17.1 Å². The van der Waals surface area contributed by atoms with Crippen LogP contribution >= 0.6 is 11.6 Å². The molecule has 0 aromatic heterocycles. The molecule has 0 aliphatic heterocycles. The first kappa shape index (κ1) is 19.7. The highest BCUT2D eigenvalue weighted by molar-refractivity contribution is 6.33. The van der Waals surface area contributed by atoms with Crippen molar-refractivity contribution in [3.05, 3.63) is 76.8 Å². The molecule has 5 nitrogen and oxygen atoms in total. The maximum absolute atomic E-state index is 12.3. The summed E-state index contributed by atoms with van der Waals surface area (Å²) < 4.78 is 5.23. The molecule has 3 aromatic carbocycles. The molecule has 0 aliphatic carbocycles. The van der Waals surface area contributed by atoms with Gasteiger partial charge in [-0.3, -0.25) is 9.59 Å². The van der Waals surface area contributed by atoms with Crippen LogP contribution in [0.1, 0.15) is 22.8 Å². The molecule has 1 unspecified atom stereocenters. The van der Waals surface area contributed by atoms with Gasteiger partial charge in [-0.15, -0.1) is 0 Å². The number of halogens is 1. The van der Waals surface area contributed by atoms with Gasteiger partial charge in [-0.1, -0.05) is 41.9 Å². The van der Waals surface area contributed by atoms with Gasteiger partial charge in [0.25, 0.3) is 5.91 Å². The standard InChI is InChI=1S/C22H21ClN2O3/c1-14(25-22(27)19-5-3-4-6-20(19)23)21(26)24-13-15-7-8-17-12-18(28-2)10-9-16(17)11-15/h3-12,14H,13H2,1-2H3,(H,24,26)(H,25,27). The smallest absolute Gasteiger partial charge is 0.253 e. The van der Waals surface area contributed by atoms with Crippen molar-refractivity contribution in [2.75, 3.05) is 7.11 Å². The summed E-state index contributed by atoms with van der Waals surface area (Å²) in [5.41, 5.74) is 1.31. The molecule has 1 atom stereocenters. The molecule has 28 heavy (non-hydrogen) atoms. The van der Waals surface area contributed by atoms with E-state index in [-0.39, 0.29) is 11.8 Å². The summed E-state index contributed by atoms with van der Waals surface area (Å²) in [6.07, 6.45) is 0. The maximum atomic E-state index is 12.3. The van der Waals surface area contributed by atoms with Gasteiger partial charge in [-0.2, -0.15) is 0 Å². The third kappa shape index (κ3) is 4.61. The van der Waals surface area contributed by atoms with Crippen LogP contribution in [0.15, 0.2) is 60.7 Å². The van der Waals surface area contributed by atoms with Gasteiger partial charge in [-0.05, 0) is 53.6 Å². The number of hydrogen-bond donors (Lipinski definition) is 2. The molecule has 0 fully saturated rings. The highest BCUT2D eigenvalue weighted by atomic mass is 35.5. The van der Waals surface area contributed by atoms with Crippen molar-refractivity contribution in [3.63, 3.8) is 0 Å². The van der Waals surface area contributed by atoms with Crippen LogP contribution in [0.5, 0.6) is 5.75 Å². The van der Waals surface area contributed by atoms with Crippen LogP contribution in [-0.4, -0.2) is 25.0 Å². The second-order valence-corrected chi connectivity index (χ2v) is 6.85. The molecule has 0 radical (unpaired) electrons. The molecule has 0 bridgehead atoms. The predicted molar refractivity (Wildman–Crippen MR) is 111 cm³/mol. The summed E-state index contributed by atoms with van der Waals surface area (Å²) in [7, 11) is 1.64. The zero-order valence-electron chi connectivity index (χ0n) is 15.7. The van der Waals surface area contributed by atoms with Gasteiger partial charge in [-0.25, -0.2) is 0 Å². The van der Waals surface area contributed by atoms with Crippen molar-refractivity contribution < 1.29 is 14.3 Å². The van der Waals surface area contributed by atoms with Gasteiger partial charge < -0.3 is 15.4 Å². The van der Waals surface area contributed by atoms with Crippen LogP contribution in [0, 0.1) is 0 Å². The van der Waals surface area contributed by atoms with Crippen molar-refractivity contribution in [2.45, 2.75) is 19.5 Å². The van der Waals surface area contributed by atoms with Crippen molar-refractivity contribution in [2.24, 2.45) is 0 Å². The van der Waals surface area contributed by atoms with Gasteiger partial charge in [0.15, 0.2) is 0 Å². The van der Waals surface area contributed by atoms with E-state index in [1.165, 1.54) is 0 Å². The van der Waals surface area contributed by atoms with Crippen LogP contribution in [0.4, 0.5) is 0 Å². The normalized spacial score (nSPS) is 11.7. The quantitative estimate of drug-likeness (QED) is 0.663. The molecule has 0 heterocycles. The molecule has 2 N–H and O–H groups in total. The number of carbonyl (C=O) groups is 2. The predicted octanol–water partition coefficient (Wildman–Crippen LogP) is 3.94. The summed E-state index contributed by atoms with van der Waals surface area (Å²) in [6.45, 7) is 2.00. The molecule has 0 aliphatic rings. The summed E-state index contributed by atoms with van der Waals surface area (Å²) >= 11 is 6.02. The minimum Gasteiger partial charge on any atom is -0.497 e. The van der Waals surface area contributed by atoms with Crippen LogP contribution in [-0.2, 0) is 11.3 Å². The second kappa shape index (κ2) is 8.76. The molecular weight excluding hydrogens is 376 g/mol. The maximum Gasteiger partial charge on any atom is 0.253 e. The van der Waals surface area contributed by atoms with Crippen molar-refractivity contribution >= 4 is 34.2 Å². The molecule has 0 saturated carbocycles. The molecule has 0 saturated heterocycles. The van der Waals surface area contributed by atoms with Gasteiger partial charge >= 0.3 is 0 Å². The van der Waals surface area contributed by atoms with E-state index in [1.54, 1.807) is 38.3 Å². The number of benzene rings is 3. The third-order valence-corrected chi connectivity index (χ3v) is 4.77. The fourth-order valence-electron chi connectivity index (χ4n) is 2.84. The molecule has 6 heteroatoms. The van der Waals surface area contributed by atoms with Crippen molar-refractivity contribution in [1.82, 2.24) is 10.6 Å². The van der Waals surface area contributed by atoms with E-state index < -0.39 is 6.04 Å². The van der Waals surface area contributed by atoms with Crippen LogP contribution in [0.25, 0.3) is 10.8 Å². The third-order valence-electron chi connectivity index (χ3n) is 4.44. The summed E-state index contributed by atoms with van der Waals surface area (Å²) in [4.78, 5) is 24.6. The van der Waals surface area contributed by atoms with Crippen molar-refractivity contribution in [1.29, 1.82) is 0 Å². The number of hydrogen-bond acceptors (Lipinski definition) is 3. The van der Waals surface area contributed by atoms with Crippen molar-refractivity contribution in [3.8, 4) is 5.75 Å². The van der Waals surface area contributed by atoms with Gasteiger partial charge in [0.05, 0.1) is 17.7 Å². The lowest BCUT2D eigenvalue weighted by molar-refractivity contribution is -0.122. The fourth-order valence-corrected chi connectivity index (χ4v) is 3.06. The van der Waals surface area contributed by atoms with Gasteiger partial charge in [0.2, 0.25) is 5.91 Å². The minimum atomic E-state index is -0.687. The first-order chi connectivity index (χ1) is 13.5. The molecule has 0 spiro atoms. The highest BCUT2D eigenvalue weighted by Crippen LogP contribution is 2.22. The Bertz CT molecular complexity index is 1020. The van der Waals surface area contributed by atoms with E-state index >= 15 is 0 Å². The molecule has 2 amide bonds. The molecule has 144 valence electrons. The van der Waals surface area contributed by atoms with Crippen LogP contribution in [0.2, 0.25) is 5.02 Å². The van der Waals surface area contributed by atoms with E-state index in [2.05, 4.69) is 10.6 Å². The summed E-state index contributed by atoms with van der Waals surface area (Å²) in [6, 6.07) is 17.8. The summed E-state index contributed by atoms with van der Waals surface area (Å²) in [5.74, 6) is 0.153. The molecule has 3 rings (SSSR count). The Morgan fingerprint density at radius 1 is 1.04 bits per heavy atom. The molecule has 3 aromatic rings. The Morgan fingerprint density at radius 3 is 2.50 bits per heavy atom.